The highest BCUT2D eigenvalue weighted by Gasteiger charge is 2.80. The van der Waals surface area contributed by atoms with Gasteiger partial charge in [0.05, 0.1) is 6.33 Å². The Morgan fingerprint density at radius 2 is 2.14 bits per heavy atom. The third-order valence-electron chi connectivity index (χ3n) is 12.0. The number of rotatable bonds is 9. The molecule has 10 nitrogen and oxygen atoms in total. The molecule has 4 saturated carbocycles. The number of phenolic OH excluding ortho intramolecular Hbond substituents is 1. The maximum absolute atomic E-state index is 13.6. The van der Waals surface area contributed by atoms with Crippen molar-refractivity contribution in [3.63, 3.8) is 0 Å². The molecule has 224 valence electrons. The van der Waals surface area contributed by atoms with Crippen LogP contribution in [0.3, 0.4) is 0 Å². The van der Waals surface area contributed by atoms with Crippen LogP contribution in [0, 0.1) is 17.3 Å². The molecular formula is C32H41N5O5. The quantitative estimate of drug-likeness (QED) is 0.361. The fourth-order valence-electron chi connectivity index (χ4n) is 10.2. The standard InChI is InChI=1S/C32H41N5O5/c1-18(38)36-23(12-22-15-33-17-35-22)28(40)34-14-21-13-30-7-8-32(21,41-2)29-31(30)9-10-37(16-19-3-4-19)25(30)11-20-5-6-24(39)27(42-29)26(20)31/h5-6,15,17,19,21,23,25,29,39H,3-4,7-14,16H2,1-2H3,(H,33,35)(H,34,40)(H,36,38)/t21?,23-,25+,29?,30+,31-,32?/m0/s1. The van der Waals surface area contributed by atoms with Crippen LogP contribution in [0.2, 0.25) is 0 Å². The molecule has 0 radical (unpaired) electrons. The fraction of sp³-hybridized carbons (Fsp3) is 0.656. The van der Waals surface area contributed by atoms with Gasteiger partial charge in [-0.15, -0.1) is 0 Å². The highest BCUT2D eigenvalue weighted by molar-refractivity contribution is 5.87. The Labute approximate surface area is 245 Å². The monoisotopic (exact) mass is 575 g/mol. The number of likely N-dealkylation sites (tertiary alicyclic amines) is 1. The summed E-state index contributed by atoms with van der Waals surface area (Å²) < 4.78 is 13.4. The van der Waals surface area contributed by atoms with Crippen LogP contribution in [-0.4, -0.2) is 82.3 Å². The first-order valence-corrected chi connectivity index (χ1v) is 15.6. The van der Waals surface area contributed by atoms with Crippen LogP contribution in [0.4, 0.5) is 0 Å². The summed E-state index contributed by atoms with van der Waals surface area (Å²) in [6.45, 7) is 4.08. The maximum atomic E-state index is 13.6. The minimum Gasteiger partial charge on any atom is -0.504 e. The summed E-state index contributed by atoms with van der Waals surface area (Å²) in [6, 6.07) is 3.63. The van der Waals surface area contributed by atoms with Gasteiger partial charge in [-0.3, -0.25) is 14.5 Å². The van der Waals surface area contributed by atoms with Crippen molar-refractivity contribution >= 4 is 11.8 Å². The Balaban J connectivity index is 1.14. The predicted molar refractivity (Wildman–Crippen MR) is 153 cm³/mol. The molecule has 5 fully saturated rings. The number of phenols is 1. The first-order valence-electron chi connectivity index (χ1n) is 15.6. The number of fused-ring (bicyclic) bond motifs is 2. The van der Waals surface area contributed by atoms with E-state index in [4.69, 9.17) is 9.47 Å². The Bertz CT molecular complexity index is 1430. The summed E-state index contributed by atoms with van der Waals surface area (Å²) >= 11 is 0. The molecule has 3 heterocycles. The van der Waals surface area contributed by atoms with E-state index >= 15 is 0 Å². The number of carbonyl (C=O) groups is 2. The summed E-state index contributed by atoms with van der Waals surface area (Å²) in [5.74, 6) is 1.26. The topological polar surface area (TPSA) is 129 Å². The fourth-order valence-corrected chi connectivity index (χ4v) is 10.2. The minimum atomic E-state index is -0.707. The second kappa shape index (κ2) is 9.19. The molecule has 7 aliphatic rings. The van der Waals surface area contributed by atoms with E-state index in [1.807, 2.05) is 6.07 Å². The zero-order chi connectivity index (χ0) is 28.9. The third kappa shape index (κ3) is 3.48. The van der Waals surface area contributed by atoms with Gasteiger partial charge in [-0.05, 0) is 69.0 Å². The van der Waals surface area contributed by atoms with E-state index in [2.05, 4.69) is 31.6 Å². The van der Waals surface area contributed by atoms with Gasteiger partial charge in [0.1, 0.15) is 17.7 Å². The molecule has 42 heavy (non-hydrogen) atoms. The highest BCUT2D eigenvalue weighted by atomic mass is 16.6. The van der Waals surface area contributed by atoms with Crippen LogP contribution in [0.5, 0.6) is 11.5 Å². The van der Waals surface area contributed by atoms with Crippen LogP contribution in [0.15, 0.2) is 24.7 Å². The largest absolute Gasteiger partial charge is 0.504 e. The average molecular weight is 576 g/mol. The zero-order valence-corrected chi connectivity index (χ0v) is 24.4. The number of hydrogen-bond acceptors (Lipinski definition) is 7. The number of amides is 2. The predicted octanol–water partition coefficient (Wildman–Crippen LogP) is 2.20. The number of imidazole rings is 1. The van der Waals surface area contributed by atoms with Crippen molar-refractivity contribution in [3.8, 4) is 11.5 Å². The lowest BCUT2D eigenvalue weighted by atomic mass is 9.35. The molecule has 7 atom stereocenters. The number of benzene rings is 1. The SMILES string of the molecule is COC12CC[C@@]3(CC1CNC(=O)[C@H](Cc1cnc[nH]1)NC(C)=O)[C@H]1Cc4ccc(O)c5c4[C@@]3(CCN1CC1CC1)C2O5. The number of methoxy groups -OCH3 is 1. The number of carbonyl (C=O) groups excluding carboxylic acids is 2. The van der Waals surface area contributed by atoms with E-state index in [-0.39, 0.29) is 40.4 Å². The van der Waals surface area contributed by atoms with Crippen LogP contribution in [0.25, 0.3) is 0 Å². The number of aromatic hydroxyl groups is 1. The van der Waals surface area contributed by atoms with Crippen LogP contribution >= 0.6 is 0 Å². The van der Waals surface area contributed by atoms with E-state index < -0.39 is 11.6 Å². The Morgan fingerprint density at radius 1 is 1.29 bits per heavy atom. The Morgan fingerprint density at radius 3 is 2.88 bits per heavy atom. The van der Waals surface area contributed by atoms with Crippen LogP contribution < -0.4 is 15.4 Å². The number of nitrogens with one attached hydrogen (secondary N) is 3. The van der Waals surface area contributed by atoms with Gasteiger partial charge in [-0.2, -0.15) is 0 Å². The van der Waals surface area contributed by atoms with E-state index in [1.165, 1.54) is 30.9 Å². The van der Waals surface area contributed by atoms with E-state index in [0.717, 1.165) is 56.8 Å². The molecule has 4 bridgehead atoms. The van der Waals surface area contributed by atoms with Crippen molar-refractivity contribution in [2.24, 2.45) is 17.3 Å². The van der Waals surface area contributed by atoms with E-state index in [0.29, 0.717) is 24.8 Å². The second-order valence-corrected chi connectivity index (χ2v) is 13.8. The number of hydrogen-bond donors (Lipinski definition) is 4. The second-order valence-electron chi connectivity index (χ2n) is 13.8. The molecule has 3 unspecified atom stereocenters. The molecule has 1 aromatic heterocycles. The molecular weight excluding hydrogens is 534 g/mol. The number of H-pyrrole nitrogens is 1. The van der Waals surface area contributed by atoms with Crippen molar-refractivity contribution < 1.29 is 24.2 Å². The molecule has 5 aliphatic carbocycles. The number of nitrogens with zero attached hydrogens (tertiary/aromatic N) is 2. The van der Waals surface area contributed by atoms with Gasteiger partial charge in [0.15, 0.2) is 11.5 Å². The molecule has 2 amide bonds. The van der Waals surface area contributed by atoms with Crippen molar-refractivity contribution in [1.29, 1.82) is 0 Å². The number of aromatic nitrogens is 2. The Hall–Kier alpha value is -3.11. The summed E-state index contributed by atoms with van der Waals surface area (Å²) in [5.41, 5.74) is 2.54. The minimum absolute atomic E-state index is 0.0144. The number of aromatic amines is 1. The van der Waals surface area contributed by atoms with Crippen molar-refractivity contribution in [1.82, 2.24) is 25.5 Å². The first-order chi connectivity index (χ1) is 20.3. The summed E-state index contributed by atoms with van der Waals surface area (Å²) in [7, 11) is 1.79. The number of ether oxygens (including phenoxy) is 2. The normalized spacial score (nSPS) is 36.2. The third-order valence-corrected chi connectivity index (χ3v) is 12.0. The van der Waals surface area contributed by atoms with Gasteiger partial charge >= 0.3 is 0 Å². The van der Waals surface area contributed by atoms with Crippen LogP contribution in [0.1, 0.15) is 62.3 Å². The van der Waals surface area contributed by atoms with Crippen LogP contribution in [-0.2, 0) is 32.6 Å². The molecule has 4 N–H and O–H groups in total. The maximum Gasteiger partial charge on any atom is 0.242 e. The number of piperidine rings is 1. The lowest BCUT2D eigenvalue weighted by Gasteiger charge is -2.74. The van der Waals surface area contributed by atoms with Gasteiger partial charge in [0.2, 0.25) is 11.8 Å². The lowest BCUT2D eigenvalue weighted by molar-refractivity contribution is -0.276. The molecule has 9 rings (SSSR count). The van der Waals surface area contributed by atoms with Gasteiger partial charge < -0.3 is 30.2 Å². The molecule has 1 aromatic carbocycles. The highest BCUT2D eigenvalue weighted by Crippen LogP contribution is 2.76. The van der Waals surface area contributed by atoms with Crippen molar-refractivity contribution in [2.75, 3.05) is 26.7 Å². The van der Waals surface area contributed by atoms with Gasteiger partial charge in [0.25, 0.3) is 0 Å². The smallest absolute Gasteiger partial charge is 0.242 e. The van der Waals surface area contributed by atoms with E-state index in [1.54, 1.807) is 19.6 Å². The lowest BCUT2D eigenvalue weighted by Crippen LogP contribution is -2.81. The summed E-state index contributed by atoms with van der Waals surface area (Å²) in [5, 5.41) is 17.1. The Kier molecular flexibility index (Phi) is 5.80. The van der Waals surface area contributed by atoms with Gasteiger partial charge in [0, 0.05) is 73.8 Å². The average Bonchev–Trinajstić information content (AvgIpc) is 3.49. The van der Waals surface area contributed by atoms with Crippen molar-refractivity contribution in [2.45, 2.75) is 87.5 Å². The summed E-state index contributed by atoms with van der Waals surface area (Å²) in [6.07, 6.45) is 10.9. The van der Waals surface area contributed by atoms with Gasteiger partial charge in [-0.1, -0.05) is 6.07 Å². The summed E-state index contributed by atoms with van der Waals surface area (Å²) in [4.78, 5) is 35.4. The van der Waals surface area contributed by atoms with Crippen molar-refractivity contribution in [3.05, 3.63) is 41.5 Å². The molecule has 2 aliphatic heterocycles. The van der Waals surface area contributed by atoms with E-state index in [9.17, 15) is 14.7 Å². The molecule has 2 aromatic rings. The first kappa shape index (κ1) is 26.5. The molecule has 10 heteroatoms. The molecule has 1 saturated heterocycles. The molecule has 2 spiro atoms. The van der Waals surface area contributed by atoms with Gasteiger partial charge in [-0.25, -0.2) is 4.98 Å². The zero-order valence-electron chi connectivity index (χ0n) is 24.4.